The summed E-state index contributed by atoms with van der Waals surface area (Å²) in [5.74, 6) is 0.333. The maximum Gasteiger partial charge on any atom is 0.279 e. The van der Waals surface area contributed by atoms with Gasteiger partial charge in [0, 0.05) is 16.5 Å². The van der Waals surface area contributed by atoms with E-state index in [0.717, 1.165) is 0 Å². The third-order valence-electron chi connectivity index (χ3n) is 3.67. The molecule has 0 unspecified atom stereocenters. The van der Waals surface area contributed by atoms with Gasteiger partial charge in [0.05, 0.1) is 10.7 Å². The van der Waals surface area contributed by atoms with Gasteiger partial charge >= 0.3 is 0 Å². The molecule has 0 aliphatic carbocycles. The second-order valence-electron chi connectivity index (χ2n) is 5.79. The Morgan fingerprint density at radius 3 is 2.43 bits per heavy atom. The van der Waals surface area contributed by atoms with Crippen LogP contribution in [0, 0.1) is 5.92 Å². The van der Waals surface area contributed by atoms with Gasteiger partial charge < -0.3 is 10.6 Å². The fourth-order valence-corrected chi connectivity index (χ4v) is 2.95. The summed E-state index contributed by atoms with van der Waals surface area (Å²) in [5.41, 5.74) is 1.80. The standard InChI is InChI=1S/C18H20Cl2N2O/c1-12(2)18(13-6-4-3-5-7-13)21-11-17(23)22-16-9-8-14(19)10-15(16)20/h3-10,12,18,21H,11H2,1-2H3,(H,22,23)/p+1/t18-/m1/s1. The molecule has 0 aliphatic rings. The Morgan fingerprint density at radius 2 is 1.83 bits per heavy atom. The Labute approximate surface area is 147 Å². The summed E-state index contributed by atoms with van der Waals surface area (Å²) in [7, 11) is 0. The van der Waals surface area contributed by atoms with Crippen LogP contribution in [0.25, 0.3) is 0 Å². The molecule has 3 N–H and O–H groups in total. The van der Waals surface area contributed by atoms with Crippen molar-refractivity contribution in [1.82, 2.24) is 0 Å². The fourth-order valence-electron chi connectivity index (χ4n) is 2.49. The van der Waals surface area contributed by atoms with Crippen LogP contribution in [0.1, 0.15) is 25.5 Å². The molecule has 2 aromatic rings. The zero-order chi connectivity index (χ0) is 16.8. The van der Waals surface area contributed by atoms with Gasteiger partial charge in [-0.3, -0.25) is 4.79 Å². The lowest BCUT2D eigenvalue weighted by molar-refractivity contribution is -0.692. The lowest BCUT2D eigenvalue weighted by Gasteiger charge is -2.19. The molecule has 0 aliphatic heterocycles. The van der Waals surface area contributed by atoms with Crippen molar-refractivity contribution < 1.29 is 10.1 Å². The highest BCUT2D eigenvalue weighted by Crippen LogP contribution is 2.25. The van der Waals surface area contributed by atoms with Gasteiger partial charge in [0.1, 0.15) is 6.04 Å². The zero-order valence-electron chi connectivity index (χ0n) is 13.2. The van der Waals surface area contributed by atoms with E-state index in [1.54, 1.807) is 18.2 Å². The average Bonchev–Trinajstić information content (AvgIpc) is 2.51. The number of nitrogens with one attached hydrogen (secondary N) is 1. The van der Waals surface area contributed by atoms with E-state index in [1.165, 1.54) is 5.56 Å². The van der Waals surface area contributed by atoms with E-state index in [2.05, 4.69) is 36.6 Å². The SMILES string of the molecule is CC(C)[C@@H]([NH2+]CC(=O)Nc1ccc(Cl)cc1Cl)c1ccccc1. The molecule has 0 radical (unpaired) electrons. The Balaban J connectivity index is 1.97. The number of anilines is 1. The molecule has 1 atom stereocenters. The first-order valence-corrected chi connectivity index (χ1v) is 8.36. The van der Waals surface area contributed by atoms with Crippen molar-refractivity contribution in [2.24, 2.45) is 5.92 Å². The number of hydrogen-bond acceptors (Lipinski definition) is 1. The molecule has 0 bridgehead atoms. The van der Waals surface area contributed by atoms with E-state index < -0.39 is 0 Å². The van der Waals surface area contributed by atoms with Crippen LogP contribution < -0.4 is 10.6 Å². The number of nitrogens with two attached hydrogens (primary N) is 1. The molecule has 0 heterocycles. The van der Waals surface area contributed by atoms with Crippen LogP contribution in [0.3, 0.4) is 0 Å². The second kappa shape index (κ2) is 8.34. The molecular formula is C18H21Cl2N2O+. The highest BCUT2D eigenvalue weighted by Gasteiger charge is 2.20. The van der Waals surface area contributed by atoms with Crippen LogP contribution in [-0.2, 0) is 4.79 Å². The Kier molecular flexibility index (Phi) is 6.46. The monoisotopic (exact) mass is 351 g/mol. The normalized spacial score (nSPS) is 12.2. The number of hydrogen-bond donors (Lipinski definition) is 2. The van der Waals surface area contributed by atoms with Crippen LogP contribution in [0.15, 0.2) is 48.5 Å². The summed E-state index contributed by atoms with van der Waals surface area (Å²) in [6, 6.07) is 15.5. The van der Waals surface area contributed by atoms with Gasteiger partial charge in [0.25, 0.3) is 5.91 Å². The predicted molar refractivity (Wildman–Crippen MR) is 95.9 cm³/mol. The lowest BCUT2D eigenvalue weighted by Crippen LogP contribution is -2.88. The van der Waals surface area contributed by atoms with E-state index in [0.29, 0.717) is 28.2 Å². The average molecular weight is 352 g/mol. The van der Waals surface area contributed by atoms with Crippen molar-refractivity contribution in [2.75, 3.05) is 11.9 Å². The van der Waals surface area contributed by atoms with Gasteiger partial charge in [-0.25, -0.2) is 0 Å². The van der Waals surface area contributed by atoms with Crippen LogP contribution in [0.5, 0.6) is 0 Å². The predicted octanol–water partition coefficient (Wildman–Crippen LogP) is 3.89. The summed E-state index contributed by atoms with van der Waals surface area (Å²) < 4.78 is 0. The molecule has 5 heteroatoms. The van der Waals surface area contributed by atoms with Gasteiger partial charge in [-0.15, -0.1) is 0 Å². The topological polar surface area (TPSA) is 45.7 Å². The highest BCUT2D eigenvalue weighted by atomic mass is 35.5. The first kappa shape index (κ1) is 17.8. The van der Waals surface area contributed by atoms with Gasteiger partial charge in [-0.05, 0) is 18.2 Å². The Morgan fingerprint density at radius 1 is 1.13 bits per heavy atom. The third-order valence-corrected chi connectivity index (χ3v) is 4.21. The van der Waals surface area contributed by atoms with Crippen molar-refractivity contribution in [2.45, 2.75) is 19.9 Å². The molecule has 3 nitrogen and oxygen atoms in total. The molecule has 2 rings (SSSR count). The minimum Gasteiger partial charge on any atom is -0.332 e. The van der Waals surface area contributed by atoms with Crippen LogP contribution >= 0.6 is 23.2 Å². The highest BCUT2D eigenvalue weighted by molar-refractivity contribution is 6.36. The van der Waals surface area contributed by atoms with Gasteiger partial charge in [-0.1, -0.05) is 67.4 Å². The molecule has 0 spiro atoms. The number of benzene rings is 2. The van der Waals surface area contributed by atoms with Crippen LogP contribution in [0.2, 0.25) is 10.0 Å². The smallest absolute Gasteiger partial charge is 0.279 e. The van der Waals surface area contributed by atoms with Crippen molar-refractivity contribution in [3.05, 3.63) is 64.1 Å². The first-order valence-electron chi connectivity index (χ1n) is 7.60. The number of carbonyl (C=O) groups is 1. The van der Waals surface area contributed by atoms with E-state index in [4.69, 9.17) is 23.2 Å². The molecule has 122 valence electrons. The van der Waals surface area contributed by atoms with Crippen molar-refractivity contribution >= 4 is 34.8 Å². The van der Waals surface area contributed by atoms with E-state index in [1.807, 2.05) is 18.2 Å². The fraction of sp³-hybridized carbons (Fsp3) is 0.278. The first-order chi connectivity index (χ1) is 11.0. The number of halogens is 2. The number of amides is 1. The summed E-state index contributed by atoms with van der Waals surface area (Å²) in [5, 5.41) is 5.86. The van der Waals surface area contributed by atoms with Crippen LogP contribution in [0.4, 0.5) is 5.69 Å². The minimum atomic E-state index is -0.0872. The summed E-state index contributed by atoms with van der Waals surface area (Å²) in [6.45, 7) is 4.64. The minimum absolute atomic E-state index is 0.0872. The Bertz CT molecular complexity index is 659. The van der Waals surface area contributed by atoms with Crippen molar-refractivity contribution in [3.63, 3.8) is 0 Å². The maximum atomic E-state index is 12.2. The quantitative estimate of drug-likeness (QED) is 0.814. The van der Waals surface area contributed by atoms with E-state index >= 15 is 0 Å². The largest absolute Gasteiger partial charge is 0.332 e. The molecule has 2 aromatic carbocycles. The molecule has 23 heavy (non-hydrogen) atoms. The summed E-state index contributed by atoms with van der Waals surface area (Å²) in [6.07, 6.45) is 0. The van der Waals surface area contributed by atoms with Gasteiger partial charge in [0.15, 0.2) is 6.54 Å². The second-order valence-corrected chi connectivity index (χ2v) is 6.64. The van der Waals surface area contributed by atoms with Crippen molar-refractivity contribution in [3.8, 4) is 0 Å². The molecular weight excluding hydrogens is 331 g/mol. The van der Waals surface area contributed by atoms with Crippen LogP contribution in [-0.4, -0.2) is 12.5 Å². The van der Waals surface area contributed by atoms with E-state index in [-0.39, 0.29) is 11.9 Å². The molecule has 0 saturated heterocycles. The van der Waals surface area contributed by atoms with E-state index in [9.17, 15) is 4.79 Å². The number of carbonyl (C=O) groups excluding carboxylic acids is 1. The zero-order valence-corrected chi connectivity index (χ0v) is 14.7. The molecule has 0 saturated carbocycles. The molecule has 0 fully saturated rings. The molecule has 1 amide bonds. The molecule has 0 aromatic heterocycles. The lowest BCUT2D eigenvalue weighted by atomic mass is 9.96. The summed E-state index contributed by atoms with van der Waals surface area (Å²) >= 11 is 11.9. The van der Waals surface area contributed by atoms with Gasteiger partial charge in [-0.2, -0.15) is 0 Å². The summed E-state index contributed by atoms with van der Waals surface area (Å²) in [4.78, 5) is 12.2. The third kappa shape index (κ3) is 5.24. The van der Waals surface area contributed by atoms with Crippen molar-refractivity contribution in [1.29, 1.82) is 0 Å². The van der Waals surface area contributed by atoms with Gasteiger partial charge in [0.2, 0.25) is 0 Å². The Hall–Kier alpha value is -1.55. The maximum absolute atomic E-state index is 12.2. The number of quaternary nitrogens is 1. The number of rotatable bonds is 6.